The number of nitrogens with zero attached hydrogens (tertiary/aromatic N) is 2. The van der Waals surface area contributed by atoms with Gasteiger partial charge in [-0.05, 0) is 46.5 Å². The van der Waals surface area contributed by atoms with E-state index in [0.29, 0.717) is 11.5 Å². The van der Waals surface area contributed by atoms with Crippen LogP contribution < -0.4 is 10.6 Å². The van der Waals surface area contributed by atoms with E-state index in [2.05, 4.69) is 64.2 Å². The maximum absolute atomic E-state index is 14.2. The SMILES string of the molecule is C[C@@H](Nc1nc(NCc2cccc(Cl)c2F)nc2c(Br)cccc12)C(C)(C)C. The van der Waals surface area contributed by atoms with Crippen LogP contribution in [-0.4, -0.2) is 16.0 Å². The zero-order chi connectivity index (χ0) is 20.5. The molecule has 148 valence electrons. The number of hydrogen-bond donors (Lipinski definition) is 2. The molecule has 0 fully saturated rings. The second kappa shape index (κ2) is 8.21. The number of nitrogens with one attached hydrogen (secondary N) is 2. The molecule has 3 rings (SSSR count). The van der Waals surface area contributed by atoms with E-state index in [-0.39, 0.29) is 23.0 Å². The molecule has 0 aliphatic carbocycles. The summed E-state index contributed by atoms with van der Waals surface area (Å²) in [6, 6.07) is 11.0. The normalized spacial score (nSPS) is 12.8. The lowest BCUT2D eigenvalue weighted by Crippen LogP contribution is -2.31. The number of fused-ring (bicyclic) bond motifs is 1. The van der Waals surface area contributed by atoms with Crippen LogP contribution in [0.2, 0.25) is 5.02 Å². The van der Waals surface area contributed by atoms with Crippen LogP contribution in [0.3, 0.4) is 0 Å². The zero-order valence-electron chi connectivity index (χ0n) is 16.3. The van der Waals surface area contributed by atoms with Gasteiger partial charge < -0.3 is 10.6 Å². The summed E-state index contributed by atoms with van der Waals surface area (Å²) in [4.78, 5) is 9.26. The molecule has 1 heterocycles. The van der Waals surface area contributed by atoms with E-state index in [1.165, 1.54) is 6.07 Å². The van der Waals surface area contributed by atoms with Crippen LogP contribution >= 0.6 is 27.5 Å². The van der Waals surface area contributed by atoms with E-state index in [9.17, 15) is 4.39 Å². The van der Waals surface area contributed by atoms with Gasteiger partial charge in [0.1, 0.15) is 11.6 Å². The summed E-state index contributed by atoms with van der Waals surface area (Å²) in [6.07, 6.45) is 0. The summed E-state index contributed by atoms with van der Waals surface area (Å²) in [5.41, 5.74) is 1.30. The summed E-state index contributed by atoms with van der Waals surface area (Å²) in [5, 5.41) is 7.64. The molecule has 0 aliphatic heterocycles. The van der Waals surface area contributed by atoms with Crippen molar-refractivity contribution < 1.29 is 4.39 Å². The molecule has 0 saturated carbocycles. The molecular weight excluding hydrogens is 443 g/mol. The summed E-state index contributed by atoms with van der Waals surface area (Å²) in [7, 11) is 0. The largest absolute Gasteiger partial charge is 0.366 e. The molecule has 2 N–H and O–H groups in total. The molecular formula is C21H23BrClFN4. The van der Waals surface area contributed by atoms with Crippen LogP contribution in [-0.2, 0) is 6.54 Å². The van der Waals surface area contributed by atoms with Crippen molar-refractivity contribution in [1.82, 2.24) is 9.97 Å². The number of anilines is 2. The van der Waals surface area contributed by atoms with Crippen LogP contribution in [0.1, 0.15) is 33.3 Å². The quantitative estimate of drug-likeness (QED) is 0.443. The van der Waals surface area contributed by atoms with Crippen molar-refractivity contribution >= 4 is 50.2 Å². The smallest absolute Gasteiger partial charge is 0.225 e. The van der Waals surface area contributed by atoms with Crippen LogP contribution in [0.4, 0.5) is 16.2 Å². The van der Waals surface area contributed by atoms with E-state index in [1.54, 1.807) is 12.1 Å². The predicted octanol–water partition coefficient (Wildman–Crippen LogP) is 6.64. The molecule has 4 nitrogen and oxygen atoms in total. The van der Waals surface area contributed by atoms with Gasteiger partial charge in [0.25, 0.3) is 0 Å². The Balaban J connectivity index is 1.96. The Hall–Kier alpha value is -1.92. The van der Waals surface area contributed by atoms with Gasteiger partial charge in [0.15, 0.2) is 0 Å². The highest BCUT2D eigenvalue weighted by Crippen LogP contribution is 2.31. The molecule has 0 bridgehead atoms. The first-order chi connectivity index (χ1) is 13.2. The van der Waals surface area contributed by atoms with E-state index < -0.39 is 5.82 Å². The number of para-hydroxylation sites is 1. The van der Waals surface area contributed by atoms with E-state index in [0.717, 1.165) is 21.2 Å². The summed E-state index contributed by atoms with van der Waals surface area (Å²) in [6.45, 7) is 8.87. The minimum atomic E-state index is -0.432. The molecule has 0 aliphatic rings. The van der Waals surface area contributed by atoms with Crippen LogP contribution in [0.25, 0.3) is 10.9 Å². The third kappa shape index (κ3) is 4.55. The third-order valence-electron chi connectivity index (χ3n) is 4.80. The fraction of sp³-hybridized carbons (Fsp3) is 0.333. The molecule has 2 aromatic carbocycles. The first-order valence-corrected chi connectivity index (χ1v) is 10.2. The lowest BCUT2D eigenvalue weighted by atomic mass is 9.88. The Bertz CT molecular complexity index is 1000. The van der Waals surface area contributed by atoms with Crippen molar-refractivity contribution in [2.75, 3.05) is 10.6 Å². The molecule has 0 unspecified atom stereocenters. The molecule has 0 radical (unpaired) electrons. The van der Waals surface area contributed by atoms with Gasteiger partial charge in [-0.2, -0.15) is 4.98 Å². The van der Waals surface area contributed by atoms with Gasteiger partial charge in [-0.3, -0.25) is 0 Å². The Morgan fingerprint density at radius 1 is 1.14 bits per heavy atom. The number of benzene rings is 2. The first-order valence-electron chi connectivity index (χ1n) is 9.06. The second-order valence-corrected chi connectivity index (χ2v) is 9.09. The monoisotopic (exact) mass is 464 g/mol. The van der Waals surface area contributed by atoms with Crippen molar-refractivity contribution in [2.24, 2.45) is 5.41 Å². The first kappa shape index (κ1) is 20.8. The Morgan fingerprint density at radius 3 is 2.57 bits per heavy atom. The molecule has 1 atom stereocenters. The molecule has 0 spiro atoms. The van der Waals surface area contributed by atoms with Gasteiger partial charge in [-0.25, -0.2) is 9.37 Å². The van der Waals surface area contributed by atoms with E-state index in [4.69, 9.17) is 11.6 Å². The van der Waals surface area contributed by atoms with Gasteiger partial charge in [-0.15, -0.1) is 0 Å². The Morgan fingerprint density at radius 2 is 1.86 bits per heavy atom. The van der Waals surface area contributed by atoms with Crippen molar-refractivity contribution in [3.05, 3.63) is 57.3 Å². The highest BCUT2D eigenvalue weighted by molar-refractivity contribution is 9.10. The highest BCUT2D eigenvalue weighted by atomic mass is 79.9. The standard InChI is InChI=1S/C21H23BrClFN4/c1-12(21(2,3)4)26-19-14-8-6-9-15(22)18(14)27-20(28-19)25-11-13-7-5-10-16(23)17(13)24/h5-10,12H,11H2,1-4H3,(H2,25,26,27,28)/t12-/m1/s1. The molecule has 3 aromatic rings. The maximum atomic E-state index is 14.2. The van der Waals surface area contributed by atoms with Gasteiger partial charge in [0.2, 0.25) is 5.95 Å². The number of halogens is 3. The summed E-state index contributed by atoms with van der Waals surface area (Å²) >= 11 is 9.43. The second-order valence-electron chi connectivity index (χ2n) is 7.83. The molecule has 1 aromatic heterocycles. The van der Waals surface area contributed by atoms with Crippen molar-refractivity contribution in [3.63, 3.8) is 0 Å². The minimum absolute atomic E-state index is 0.0563. The van der Waals surface area contributed by atoms with Gasteiger partial charge >= 0.3 is 0 Å². The lowest BCUT2D eigenvalue weighted by Gasteiger charge is -2.29. The molecule has 0 saturated heterocycles. The summed E-state index contributed by atoms with van der Waals surface area (Å²) < 4.78 is 15.0. The van der Waals surface area contributed by atoms with Crippen LogP contribution in [0, 0.1) is 11.2 Å². The van der Waals surface area contributed by atoms with Crippen molar-refractivity contribution in [2.45, 2.75) is 40.3 Å². The fourth-order valence-corrected chi connectivity index (χ4v) is 3.24. The van der Waals surface area contributed by atoms with Gasteiger partial charge in [-0.1, -0.05) is 50.6 Å². The minimum Gasteiger partial charge on any atom is -0.366 e. The lowest BCUT2D eigenvalue weighted by molar-refractivity contribution is 0.359. The van der Waals surface area contributed by atoms with Gasteiger partial charge in [0, 0.05) is 28.0 Å². The predicted molar refractivity (Wildman–Crippen MR) is 119 cm³/mol. The average molecular weight is 466 g/mol. The number of rotatable bonds is 5. The highest BCUT2D eigenvalue weighted by Gasteiger charge is 2.22. The van der Waals surface area contributed by atoms with Crippen molar-refractivity contribution in [3.8, 4) is 0 Å². The number of aromatic nitrogens is 2. The van der Waals surface area contributed by atoms with Gasteiger partial charge in [0.05, 0.1) is 10.5 Å². The molecule has 7 heteroatoms. The molecule has 28 heavy (non-hydrogen) atoms. The van der Waals surface area contributed by atoms with Crippen LogP contribution in [0.15, 0.2) is 40.9 Å². The Labute approximate surface area is 178 Å². The Kier molecular flexibility index (Phi) is 6.10. The third-order valence-corrected chi connectivity index (χ3v) is 5.73. The average Bonchev–Trinajstić information content (AvgIpc) is 2.63. The van der Waals surface area contributed by atoms with Crippen molar-refractivity contribution in [1.29, 1.82) is 0 Å². The summed E-state index contributed by atoms with van der Waals surface area (Å²) in [5.74, 6) is 0.725. The number of hydrogen-bond acceptors (Lipinski definition) is 4. The zero-order valence-corrected chi connectivity index (χ0v) is 18.6. The van der Waals surface area contributed by atoms with Crippen LogP contribution in [0.5, 0.6) is 0 Å². The fourth-order valence-electron chi connectivity index (χ4n) is 2.59. The van der Waals surface area contributed by atoms with E-state index in [1.807, 2.05) is 18.2 Å². The molecule has 0 amide bonds. The topological polar surface area (TPSA) is 49.8 Å². The van der Waals surface area contributed by atoms with E-state index >= 15 is 0 Å². The maximum Gasteiger partial charge on any atom is 0.225 e.